The summed E-state index contributed by atoms with van der Waals surface area (Å²) >= 11 is 9.53. The second kappa shape index (κ2) is 58.0. The lowest BCUT2D eigenvalue weighted by atomic mass is 9.93. The number of aliphatic hydroxyl groups excluding tert-OH is 2. The first-order chi connectivity index (χ1) is 57.1. The van der Waals surface area contributed by atoms with E-state index in [0.29, 0.717) is 51.2 Å². The van der Waals surface area contributed by atoms with E-state index in [1.807, 2.05) is 104 Å². The van der Waals surface area contributed by atoms with Crippen molar-refractivity contribution in [3.8, 4) is 5.75 Å². The number of ketones is 1. The molecule has 5 aliphatic rings. The molecule has 1 unspecified atom stereocenters. The molecule has 0 radical (unpaired) electrons. The molecule has 6 N–H and O–H groups in total. The Bertz CT molecular complexity index is 4000. The Morgan fingerprint density at radius 1 is 0.707 bits per heavy atom. The highest BCUT2D eigenvalue weighted by molar-refractivity contribution is 7.86. The van der Waals surface area contributed by atoms with E-state index >= 15 is 0 Å². The number of nitrogens with zero attached hydrogens (tertiary/aromatic N) is 5. The van der Waals surface area contributed by atoms with Crippen LogP contribution in [0, 0.1) is 65.9 Å². The van der Waals surface area contributed by atoms with Crippen molar-refractivity contribution >= 4 is 96.0 Å². The maximum atomic E-state index is 13.9. The maximum Gasteiger partial charge on any atom is 0.310 e. The number of aliphatic carboxylic acids is 1. The highest BCUT2D eigenvalue weighted by atomic mass is 35.5. The molecule has 12 atom stereocenters. The summed E-state index contributed by atoms with van der Waals surface area (Å²) in [6.07, 6.45) is 13.1. The van der Waals surface area contributed by atoms with Crippen LogP contribution in [0.4, 0.5) is 8.78 Å². The second-order valence-electron chi connectivity index (χ2n) is 34.7. The van der Waals surface area contributed by atoms with Crippen LogP contribution < -0.4 is 11.2 Å². The Hall–Kier alpha value is -7.45. The number of aliphatic hydroxyl groups is 2. The number of hydrogen-bond acceptors (Lipinski definition) is 25. The van der Waals surface area contributed by atoms with Crippen LogP contribution in [0.5, 0.6) is 5.75 Å². The Balaban J connectivity index is 0.00000146. The minimum Gasteiger partial charge on any atom is -0.503 e. The molecule has 4 fully saturated rings. The van der Waals surface area contributed by atoms with Gasteiger partial charge in [-0.05, 0) is 220 Å². The Kier molecular flexibility index (Phi) is 54.5. The van der Waals surface area contributed by atoms with Gasteiger partial charge in [-0.2, -0.15) is 8.42 Å². The van der Waals surface area contributed by atoms with Crippen molar-refractivity contribution in [3.63, 3.8) is 0 Å². The standard InChI is InChI=1S/C23H22F2N2O5.C17H26O5S.C12H20O4.C11H20O4.C10H19N3O2.C6H13NO.C5H10O3.C2H7P.CH2Cl2/c24-14-6-4-12(16(25)8-14)5-7-18(28)15-9-26-10-19-27(17-3-1-2-13(17)11-32-19)23(31)20(26)22(30)21(15)29;1-13-6-9-15(10-7-13)23(19,20)21-12-14(2)8-11-16(18)22-17(3,4)5;1-12(2,3)16-10(13)7-8-5-4-6-9(8)11(14)15;1-8(10(13)14-5)6-7-9(12)15-11(2,3)4;1-8(7-12-13-11)5-6-9(14)15-10(2,3)4;7-6-3-1-2-5(6)4-8;1-4(3-6)5(7)8-2;1-2-3;2-1-3/h4,6,8-9,13,17,19,30H,1-3,5,7,10-11H2;6-7,9-10,14H,8,11-12H2,1-5H3;8-9H,4-7H2,1-3H3,(H,14,15);8H,6-7H2,1-5H3;8H,5-7H2,1-4H3;5-6,8H,1-4,7H2;4,6H,3H2,1-2H3;2-3H2,1H3;1H2/t13-,17-,19+;14-;8-,9-;2*8-;5-,6-;4-;;/m0010000../s1. The molecule has 36 heteroatoms. The summed E-state index contributed by atoms with van der Waals surface area (Å²) in [5, 5.41) is 40.2. The van der Waals surface area contributed by atoms with Gasteiger partial charge in [0.2, 0.25) is 5.43 Å². The topological polar surface area (TPSA) is 443 Å². The van der Waals surface area contributed by atoms with E-state index in [1.54, 1.807) is 30.9 Å². The predicted molar refractivity (Wildman–Crippen MR) is 468 cm³/mol. The number of halogens is 4. The van der Waals surface area contributed by atoms with Crippen LogP contribution in [-0.2, 0) is 94.0 Å². The number of benzene rings is 2. The lowest BCUT2D eigenvalue weighted by Gasteiger charge is -2.46. The number of carboxylic acids is 1. The number of carbonyl (C=O) groups excluding carboxylic acids is 8. The van der Waals surface area contributed by atoms with Crippen molar-refractivity contribution in [3.05, 3.63) is 103 Å². The van der Waals surface area contributed by atoms with Gasteiger partial charge in [0.05, 0.1) is 74.1 Å². The third-order valence-corrected chi connectivity index (χ3v) is 20.3. The second-order valence-corrected chi connectivity index (χ2v) is 37.9. The fourth-order valence-corrected chi connectivity index (χ4v) is 13.8. The highest BCUT2D eigenvalue weighted by Crippen LogP contribution is 2.40. The van der Waals surface area contributed by atoms with Crippen molar-refractivity contribution in [2.75, 3.05) is 58.7 Å². The molecule has 3 aliphatic carbocycles. The van der Waals surface area contributed by atoms with Crippen LogP contribution in [0.2, 0.25) is 0 Å². The van der Waals surface area contributed by atoms with Gasteiger partial charge in [-0.1, -0.05) is 75.8 Å². The van der Waals surface area contributed by atoms with Crippen LogP contribution in [0.25, 0.3) is 10.4 Å². The summed E-state index contributed by atoms with van der Waals surface area (Å²) in [4.78, 5) is 121. The summed E-state index contributed by atoms with van der Waals surface area (Å²) < 4.78 is 92.9. The quantitative estimate of drug-likeness (QED) is 0.00573. The number of carboxylic acid groups (broad SMARTS) is 1. The molecule has 30 nitrogen and oxygen atoms in total. The van der Waals surface area contributed by atoms with E-state index in [-0.39, 0.29) is 175 Å². The zero-order valence-corrected chi connectivity index (χ0v) is 79.1. The van der Waals surface area contributed by atoms with E-state index in [1.165, 1.54) is 55.8 Å². The number of pyridine rings is 1. The van der Waals surface area contributed by atoms with E-state index in [0.717, 1.165) is 62.6 Å². The zero-order chi connectivity index (χ0) is 94.5. The molecular formula is C87H139Cl2F2N6O24PS. The average molecular weight is 1830 g/mol. The van der Waals surface area contributed by atoms with Gasteiger partial charge < -0.3 is 68.8 Å². The van der Waals surface area contributed by atoms with E-state index in [2.05, 4.69) is 35.7 Å². The van der Waals surface area contributed by atoms with Crippen LogP contribution >= 0.6 is 32.4 Å². The van der Waals surface area contributed by atoms with Gasteiger partial charge in [0.1, 0.15) is 34.0 Å². The molecule has 8 rings (SSSR count). The Morgan fingerprint density at radius 2 is 1.20 bits per heavy atom. The molecule has 3 aromatic rings. The van der Waals surface area contributed by atoms with Gasteiger partial charge in [0.15, 0.2) is 23.5 Å². The van der Waals surface area contributed by atoms with Gasteiger partial charge in [-0.15, -0.1) is 32.4 Å². The number of rotatable bonds is 26. The number of Topliss-reactive ketones (excluding diaryl/α,β-unsaturated/α-hetero) is 1. The number of aromatic hydroxyl groups is 1. The highest BCUT2D eigenvalue weighted by Gasteiger charge is 2.48. The average Bonchev–Trinajstić information content (AvgIpc) is 1.70. The number of ether oxygens (including phenoxy) is 7. The number of amides is 1. The normalized spacial score (nSPS) is 18.9. The monoisotopic (exact) mass is 1820 g/mol. The lowest BCUT2D eigenvalue weighted by Crippen LogP contribution is -2.59. The molecule has 0 bridgehead atoms. The molecule has 3 heterocycles. The van der Waals surface area contributed by atoms with Gasteiger partial charge in [-0.3, -0.25) is 52.1 Å². The number of aryl methyl sites for hydroxylation is 2. The first-order valence-electron chi connectivity index (χ1n) is 41.5. The molecule has 3 saturated carbocycles. The maximum absolute atomic E-state index is 13.9. The minimum absolute atomic E-state index is 0.0245. The number of azide groups is 1. The minimum atomic E-state index is -3.76. The van der Waals surface area contributed by atoms with E-state index in [9.17, 15) is 70.3 Å². The molecule has 700 valence electrons. The molecule has 123 heavy (non-hydrogen) atoms. The Labute approximate surface area is 738 Å². The number of nitrogens with two attached hydrogens (primary N) is 1. The molecule has 2 aromatic carbocycles. The van der Waals surface area contributed by atoms with E-state index < -0.39 is 79.2 Å². The number of hydrogen-bond donors (Lipinski definition) is 5. The van der Waals surface area contributed by atoms with Crippen molar-refractivity contribution in [2.45, 2.75) is 292 Å². The molecule has 1 amide bonds. The largest absolute Gasteiger partial charge is 0.503 e. The molecule has 2 aliphatic heterocycles. The lowest BCUT2D eigenvalue weighted by molar-refractivity contribution is -0.158. The summed E-state index contributed by atoms with van der Waals surface area (Å²) in [5.41, 5.74) is 11.6. The summed E-state index contributed by atoms with van der Waals surface area (Å²) in [6, 6.07) is 9.88. The third-order valence-electron chi connectivity index (χ3n) is 19.0. The summed E-state index contributed by atoms with van der Waals surface area (Å²) in [5.74, 6) is -6.08. The number of methoxy groups -OCH3 is 2. The van der Waals surface area contributed by atoms with Crippen LogP contribution in [0.1, 0.15) is 259 Å². The number of fused-ring (bicyclic) bond motifs is 4. The smallest absolute Gasteiger partial charge is 0.310 e. The Morgan fingerprint density at radius 3 is 1.65 bits per heavy atom. The summed E-state index contributed by atoms with van der Waals surface area (Å²) in [7, 11) is 1.46. The predicted octanol–water partition coefficient (Wildman–Crippen LogP) is 15.5. The molecular weight excluding hydrogens is 1680 g/mol. The molecule has 0 spiro atoms. The fraction of sp³-hybridized carbons (Fsp3) is 0.701. The molecule has 1 aromatic heterocycles. The van der Waals surface area contributed by atoms with Crippen LogP contribution in [0.3, 0.4) is 0 Å². The van der Waals surface area contributed by atoms with Crippen molar-refractivity contribution in [2.24, 2.45) is 58.2 Å². The zero-order valence-electron chi connectivity index (χ0n) is 75.6. The number of alkyl halides is 2. The van der Waals surface area contributed by atoms with Gasteiger partial charge in [0, 0.05) is 80.4 Å². The summed E-state index contributed by atoms with van der Waals surface area (Å²) in [6.45, 7) is 34.3. The first-order valence-corrected chi connectivity index (χ1v) is 44.8. The van der Waals surface area contributed by atoms with Crippen LogP contribution in [0.15, 0.2) is 63.5 Å². The van der Waals surface area contributed by atoms with Crippen molar-refractivity contribution in [1.29, 1.82) is 0 Å². The van der Waals surface area contributed by atoms with Gasteiger partial charge >= 0.3 is 41.8 Å². The number of aromatic nitrogens is 1. The number of carbonyl (C=O) groups is 9. The van der Waals surface area contributed by atoms with Gasteiger partial charge in [-0.25, -0.2) is 8.78 Å². The third kappa shape index (κ3) is 47.6. The van der Waals surface area contributed by atoms with Crippen molar-refractivity contribution in [1.82, 2.24) is 9.47 Å². The number of esters is 6. The van der Waals surface area contributed by atoms with Crippen molar-refractivity contribution < 1.29 is 118 Å². The van der Waals surface area contributed by atoms with Crippen LogP contribution in [-0.4, -0.2) is 191 Å². The van der Waals surface area contributed by atoms with Gasteiger partial charge in [0.25, 0.3) is 16.0 Å². The SMILES string of the molecule is CC(C)(C)OC(=O)C[C@H]1CCC[C@H]1C(=O)O.CCP.COC(=O)[C@@H](C)CCC(=O)OC(C)(C)C.COC(=O)[C@@H](C)CO.C[C@@H](CCC(=O)OC(C)(C)C)CN=[N+]=[N-].Cc1ccc(S(=O)(=O)OC[C@@H](C)CCC(=O)OC(C)(C)C)cc1.ClCCl.N[C@H]1CCC[C@H]1CO.O=C(CCc1ccc(F)cc1F)c1cn2c(c(O)c1=O)C(=O)N1[C@@H](C2)OC[C@@H]2CCC[C@@H]21. The fourth-order valence-electron chi connectivity index (χ4n) is 12.8. The first kappa shape index (κ1) is 116. The molecule has 1 saturated heterocycles. The van der Waals surface area contributed by atoms with E-state index in [4.69, 9.17) is 77.7 Å².